The minimum Gasteiger partial charge on any atom is -0.394 e. The van der Waals surface area contributed by atoms with E-state index in [2.05, 4.69) is 36.5 Å². The zero-order chi connectivity index (χ0) is 20.5. The van der Waals surface area contributed by atoms with E-state index in [-0.39, 0.29) is 18.6 Å². The molecule has 0 unspecified atom stereocenters. The van der Waals surface area contributed by atoms with Gasteiger partial charge in [0, 0.05) is 16.5 Å². The summed E-state index contributed by atoms with van der Waals surface area (Å²) in [5, 5.41) is 15.8. The number of halogens is 4. The average Bonchev–Trinajstić information content (AvgIpc) is 3.45. The van der Waals surface area contributed by atoms with Crippen LogP contribution < -0.4 is 10.6 Å². The number of aliphatic hydroxyl groups excluding tert-OH is 1. The number of hydrogen-bond acceptors (Lipinski definition) is 5. The van der Waals surface area contributed by atoms with E-state index >= 15 is 0 Å². The third-order valence-corrected chi connectivity index (χ3v) is 5.27. The number of hydrogen-bond donors (Lipinski definition) is 3. The summed E-state index contributed by atoms with van der Waals surface area (Å²) in [7, 11) is 0. The fourth-order valence-corrected chi connectivity index (χ4v) is 3.18. The van der Waals surface area contributed by atoms with Gasteiger partial charge in [0.05, 0.1) is 29.6 Å². The molecule has 3 rings (SSSR count). The molecule has 0 aliphatic heterocycles. The lowest BCUT2D eigenvalue weighted by Gasteiger charge is -2.21. The van der Waals surface area contributed by atoms with Crippen molar-refractivity contribution in [2.24, 2.45) is 5.92 Å². The topological polar surface area (TPSA) is 70.1 Å². The van der Waals surface area contributed by atoms with Crippen LogP contribution in [0.1, 0.15) is 43.9 Å². The molecule has 0 spiro atoms. The van der Waals surface area contributed by atoms with E-state index < -0.39 is 11.7 Å². The molecule has 0 bridgehead atoms. The van der Waals surface area contributed by atoms with Crippen molar-refractivity contribution in [3.63, 3.8) is 0 Å². The zero-order valence-corrected chi connectivity index (χ0v) is 17.1. The van der Waals surface area contributed by atoms with Crippen LogP contribution in [0.5, 0.6) is 0 Å². The van der Waals surface area contributed by atoms with Gasteiger partial charge in [0.25, 0.3) is 0 Å². The summed E-state index contributed by atoms with van der Waals surface area (Å²) >= 11 is 3.19. The summed E-state index contributed by atoms with van der Waals surface area (Å²) in [5.41, 5.74) is 0.627. The standard InChI is InChI=1S/C19H22BrF3N4O/c1-10(2)16(9-28)26-18-25-15(11-3-4-11)8-17(27-18)24-14-6-5-12(7-13(14)20)19(21,22)23/h5-8,10-11,16,28H,3-4,9H2,1-2H3,(H2,24,25,26,27)/t16-/m1/s1. The fourth-order valence-electron chi connectivity index (χ4n) is 2.70. The summed E-state index contributed by atoms with van der Waals surface area (Å²) < 4.78 is 38.9. The maximum Gasteiger partial charge on any atom is 0.416 e. The number of aliphatic hydroxyl groups is 1. The van der Waals surface area contributed by atoms with E-state index in [0.717, 1.165) is 30.7 Å². The van der Waals surface area contributed by atoms with Crippen LogP contribution in [-0.2, 0) is 6.18 Å². The van der Waals surface area contributed by atoms with Gasteiger partial charge in [0.1, 0.15) is 5.82 Å². The van der Waals surface area contributed by atoms with Crippen LogP contribution >= 0.6 is 15.9 Å². The Labute approximate surface area is 169 Å². The van der Waals surface area contributed by atoms with Crippen molar-refractivity contribution in [3.8, 4) is 0 Å². The molecule has 1 aliphatic carbocycles. The van der Waals surface area contributed by atoms with Crippen LogP contribution in [0.3, 0.4) is 0 Å². The van der Waals surface area contributed by atoms with Gasteiger partial charge >= 0.3 is 6.18 Å². The highest BCUT2D eigenvalue weighted by molar-refractivity contribution is 9.10. The Balaban J connectivity index is 1.87. The SMILES string of the molecule is CC(C)[C@@H](CO)Nc1nc(Nc2ccc(C(F)(F)F)cc2Br)cc(C2CC2)n1. The lowest BCUT2D eigenvalue weighted by Crippen LogP contribution is -2.30. The van der Waals surface area contributed by atoms with Gasteiger partial charge in [-0.3, -0.25) is 0 Å². The molecular weight excluding hydrogens is 437 g/mol. The highest BCUT2D eigenvalue weighted by atomic mass is 79.9. The largest absolute Gasteiger partial charge is 0.416 e. The highest BCUT2D eigenvalue weighted by Crippen LogP contribution is 2.40. The van der Waals surface area contributed by atoms with Crippen molar-refractivity contribution in [3.05, 3.63) is 40.0 Å². The van der Waals surface area contributed by atoms with Crippen LogP contribution in [0.25, 0.3) is 0 Å². The molecule has 1 saturated carbocycles. The molecule has 1 aromatic carbocycles. The number of benzene rings is 1. The van der Waals surface area contributed by atoms with Crippen LogP contribution in [0.2, 0.25) is 0 Å². The van der Waals surface area contributed by atoms with Crippen LogP contribution in [0, 0.1) is 5.92 Å². The third-order valence-electron chi connectivity index (χ3n) is 4.62. The van der Waals surface area contributed by atoms with Crippen LogP contribution in [0.15, 0.2) is 28.7 Å². The molecule has 1 atom stereocenters. The zero-order valence-electron chi connectivity index (χ0n) is 15.5. The van der Waals surface area contributed by atoms with Gasteiger partial charge in [0.2, 0.25) is 5.95 Å². The van der Waals surface area contributed by atoms with Crippen molar-refractivity contribution >= 4 is 33.4 Å². The molecule has 0 amide bonds. The van der Waals surface area contributed by atoms with Gasteiger partial charge in [-0.2, -0.15) is 18.2 Å². The second-order valence-electron chi connectivity index (χ2n) is 7.27. The van der Waals surface area contributed by atoms with Crippen molar-refractivity contribution in [1.82, 2.24) is 9.97 Å². The van der Waals surface area contributed by atoms with Gasteiger partial charge in [-0.15, -0.1) is 0 Å². The molecule has 1 aromatic heterocycles. The Hall–Kier alpha value is -1.87. The second-order valence-corrected chi connectivity index (χ2v) is 8.13. The van der Waals surface area contributed by atoms with Gasteiger partial charge in [-0.25, -0.2) is 4.98 Å². The number of anilines is 3. The minimum atomic E-state index is -4.40. The molecule has 3 N–H and O–H groups in total. The molecule has 9 heteroatoms. The first kappa shape index (κ1) is 20.9. The molecule has 1 aliphatic rings. The number of rotatable bonds is 7. The van der Waals surface area contributed by atoms with Gasteiger partial charge in [-0.1, -0.05) is 13.8 Å². The van der Waals surface area contributed by atoms with E-state index in [4.69, 9.17) is 0 Å². The van der Waals surface area contributed by atoms with E-state index in [1.54, 1.807) is 0 Å². The van der Waals surface area contributed by atoms with Gasteiger partial charge < -0.3 is 15.7 Å². The molecule has 0 saturated heterocycles. The molecule has 2 aromatic rings. The van der Waals surface area contributed by atoms with Crippen LogP contribution in [0.4, 0.5) is 30.6 Å². The first-order valence-electron chi connectivity index (χ1n) is 9.07. The molecule has 5 nitrogen and oxygen atoms in total. The van der Waals surface area contributed by atoms with Crippen molar-refractivity contribution in [2.45, 2.75) is 44.8 Å². The molecule has 152 valence electrons. The lowest BCUT2D eigenvalue weighted by molar-refractivity contribution is -0.137. The Morgan fingerprint density at radius 1 is 1.21 bits per heavy atom. The van der Waals surface area contributed by atoms with Gasteiger partial charge in [0.15, 0.2) is 0 Å². The number of nitrogens with zero attached hydrogens (tertiary/aromatic N) is 2. The van der Waals surface area contributed by atoms with Gasteiger partial charge in [-0.05, 0) is 52.9 Å². The summed E-state index contributed by atoms with van der Waals surface area (Å²) in [4.78, 5) is 8.98. The fraction of sp³-hybridized carbons (Fsp3) is 0.474. The Bertz CT molecular complexity index is 840. The summed E-state index contributed by atoms with van der Waals surface area (Å²) in [6.45, 7) is 3.91. The highest BCUT2D eigenvalue weighted by Gasteiger charge is 2.31. The molecule has 28 heavy (non-hydrogen) atoms. The molecular formula is C19H22BrF3N4O. The van der Waals surface area contributed by atoms with E-state index in [1.807, 2.05) is 19.9 Å². The smallest absolute Gasteiger partial charge is 0.394 e. The monoisotopic (exact) mass is 458 g/mol. The second kappa shape index (κ2) is 8.24. The quantitative estimate of drug-likeness (QED) is 0.524. The van der Waals surface area contributed by atoms with Crippen molar-refractivity contribution in [1.29, 1.82) is 0 Å². The Morgan fingerprint density at radius 2 is 1.93 bits per heavy atom. The maximum absolute atomic E-state index is 12.9. The molecule has 1 heterocycles. The summed E-state index contributed by atoms with van der Waals surface area (Å²) in [6, 6.07) is 5.04. The van der Waals surface area contributed by atoms with E-state index in [0.29, 0.717) is 27.8 Å². The van der Waals surface area contributed by atoms with Crippen molar-refractivity contribution in [2.75, 3.05) is 17.2 Å². The Morgan fingerprint density at radius 3 is 2.46 bits per heavy atom. The first-order chi connectivity index (χ1) is 13.2. The Kier molecular flexibility index (Phi) is 6.14. The first-order valence-corrected chi connectivity index (χ1v) is 9.87. The minimum absolute atomic E-state index is 0.0537. The predicted octanol–water partition coefficient (Wildman–Crippen LogP) is 5.31. The molecule has 1 fully saturated rings. The van der Waals surface area contributed by atoms with E-state index in [9.17, 15) is 18.3 Å². The van der Waals surface area contributed by atoms with E-state index in [1.165, 1.54) is 6.07 Å². The molecule has 0 radical (unpaired) electrons. The summed E-state index contributed by atoms with van der Waals surface area (Å²) in [5.74, 6) is 1.42. The lowest BCUT2D eigenvalue weighted by atomic mass is 10.1. The summed E-state index contributed by atoms with van der Waals surface area (Å²) in [6.07, 6.45) is -2.30. The van der Waals surface area contributed by atoms with Crippen molar-refractivity contribution < 1.29 is 18.3 Å². The number of aromatic nitrogens is 2. The normalized spacial score (nSPS) is 15.6. The number of nitrogens with one attached hydrogen (secondary N) is 2. The maximum atomic E-state index is 12.9. The third kappa shape index (κ3) is 5.14. The predicted molar refractivity (Wildman–Crippen MR) is 106 cm³/mol. The van der Waals surface area contributed by atoms with Crippen LogP contribution in [-0.4, -0.2) is 27.7 Å². The average molecular weight is 459 g/mol. The number of alkyl halides is 3.